The molecule has 0 radical (unpaired) electrons. The van der Waals surface area contributed by atoms with E-state index in [4.69, 9.17) is 17.0 Å². The van der Waals surface area contributed by atoms with Gasteiger partial charge in [0.1, 0.15) is 5.75 Å². The van der Waals surface area contributed by atoms with Crippen molar-refractivity contribution in [1.82, 2.24) is 9.88 Å². The molecular formula is C27H27N3O2S. The molecule has 0 aliphatic carbocycles. The molecule has 2 N–H and O–H groups in total. The number of fused-ring (bicyclic) bond motifs is 1. The fraction of sp³-hybridized carbons (Fsp3) is 0.185. The number of anilines is 1. The summed E-state index contributed by atoms with van der Waals surface area (Å²) in [4.78, 5) is 18.0. The number of nitrogens with one attached hydrogen (secondary N) is 2. The Morgan fingerprint density at radius 2 is 1.67 bits per heavy atom. The van der Waals surface area contributed by atoms with Crippen molar-refractivity contribution in [2.24, 2.45) is 0 Å². The summed E-state index contributed by atoms with van der Waals surface area (Å²) in [5.41, 5.74) is 5.73. The molecule has 4 rings (SSSR count). The maximum Gasteiger partial charge on any atom is 0.253 e. The van der Waals surface area contributed by atoms with Gasteiger partial charge in [0, 0.05) is 23.3 Å². The molecule has 0 amide bonds. The number of benzene rings is 3. The molecule has 0 aliphatic rings. The van der Waals surface area contributed by atoms with E-state index in [1.54, 1.807) is 7.11 Å². The predicted octanol–water partition coefficient (Wildman–Crippen LogP) is 5.55. The Balaban J connectivity index is 1.64. The number of H-pyrrole nitrogens is 1. The van der Waals surface area contributed by atoms with Crippen LogP contribution in [-0.4, -0.2) is 22.1 Å². The third kappa shape index (κ3) is 5.41. The summed E-state index contributed by atoms with van der Waals surface area (Å²) in [7, 11) is 1.64. The van der Waals surface area contributed by atoms with Crippen molar-refractivity contribution in [3.05, 3.63) is 105 Å². The van der Waals surface area contributed by atoms with E-state index in [0.717, 1.165) is 33.5 Å². The van der Waals surface area contributed by atoms with Crippen LogP contribution in [0.3, 0.4) is 0 Å². The van der Waals surface area contributed by atoms with Crippen molar-refractivity contribution in [2.45, 2.75) is 26.9 Å². The summed E-state index contributed by atoms with van der Waals surface area (Å²) in [6, 6.07) is 23.8. The van der Waals surface area contributed by atoms with Crippen LogP contribution in [0.25, 0.3) is 10.9 Å². The Labute approximate surface area is 199 Å². The van der Waals surface area contributed by atoms with Crippen LogP contribution in [0.2, 0.25) is 0 Å². The van der Waals surface area contributed by atoms with Gasteiger partial charge in [-0.3, -0.25) is 4.79 Å². The van der Waals surface area contributed by atoms with Crippen LogP contribution in [-0.2, 0) is 13.1 Å². The van der Waals surface area contributed by atoms with Crippen molar-refractivity contribution in [3.63, 3.8) is 0 Å². The number of methoxy groups -OCH3 is 1. The van der Waals surface area contributed by atoms with E-state index in [1.165, 1.54) is 5.56 Å². The molecular weight excluding hydrogens is 430 g/mol. The van der Waals surface area contributed by atoms with E-state index in [0.29, 0.717) is 23.8 Å². The Kier molecular flexibility index (Phi) is 6.75. The van der Waals surface area contributed by atoms with E-state index in [9.17, 15) is 4.79 Å². The second-order valence-electron chi connectivity index (χ2n) is 8.15. The van der Waals surface area contributed by atoms with E-state index in [2.05, 4.69) is 35.4 Å². The Morgan fingerprint density at radius 1 is 0.970 bits per heavy atom. The third-order valence-corrected chi connectivity index (χ3v) is 6.10. The van der Waals surface area contributed by atoms with Crippen molar-refractivity contribution >= 4 is 33.9 Å². The number of rotatable bonds is 6. The van der Waals surface area contributed by atoms with Crippen molar-refractivity contribution < 1.29 is 4.74 Å². The smallest absolute Gasteiger partial charge is 0.253 e. The van der Waals surface area contributed by atoms with E-state index in [-0.39, 0.29) is 5.56 Å². The largest absolute Gasteiger partial charge is 0.497 e. The van der Waals surface area contributed by atoms with Gasteiger partial charge in [0.2, 0.25) is 0 Å². The molecule has 3 aromatic carbocycles. The van der Waals surface area contributed by atoms with Crippen molar-refractivity contribution in [2.75, 3.05) is 12.4 Å². The number of aromatic nitrogens is 1. The number of hydrogen-bond acceptors (Lipinski definition) is 3. The first-order valence-corrected chi connectivity index (χ1v) is 11.2. The Bertz CT molecular complexity index is 1330. The fourth-order valence-electron chi connectivity index (χ4n) is 3.73. The minimum atomic E-state index is -0.101. The van der Waals surface area contributed by atoms with Gasteiger partial charge >= 0.3 is 0 Å². The van der Waals surface area contributed by atoms with Crippen LogP contribution in [0.5, 0.6) is 5.75 Å². The van der Waals surface area contributed by atoms with Crippen LogP contribution in [0.15, 0.2) is 77.6 Å². The molecule has 0 saturated carbocycles. The summed E-state index contributed by atoms with van der Waals surface area (Å²) in [5.74, 6) is 0.779. The molecule has 0 bridgehead atoms. The minimum absolute atomic E-state index is 0.101. The summed E-state index contributed by atoms with van der Waals surface area (Å²) >= 11 is 5.77. The first-order valence-electron chi connectivity index (χ1n) is 10.8. The predicted molar refractivity (Wildman–Crippen MR) is 139 cm³/mol. The number of pyridine rings is 1. The number of nitrogens with zero attached hydrogens (tertiary/aromatic N) is 1. The number of thiocarbonyl (C=S) groups is 1. The topological polar surface area (TPSA) is 57.4 Å². The third-order valence-electron chi connectivity index (χ3n) is 5.74. The summed E-state index contributed by atoms with van der Waals surface area (Å²) in [5, 5.41) is 4.86. The number of aromatic amines is 1. The quantitative estimate of drug-likeness (QED) is 0.372. The molecule has 0 aliphatic heterocycles. The maximum atomic E-state index is 12.9. The monoisotopic (exact) mass is 457 g/mol. The molecule has 1 aromatic heterocycles. The summed E-state index contributed by atoms with van der Waals surface area (Å²) in [6.45, 7) is 5.09. The highest BCUT2D eigenvalue weighted by Crippen LogP contribution is 2.20. The van der Waals surface area contributed by atoms with E-state index < -0.39 is 0 Å². The van der Waals surface area contributed by atoms with Gasteiger partial charge in [-0.1, -0.05) is 30.3 Å². The first kappa shape index (κ1) is 22.6. The molecule has 0 unspecified atom stereocenters. The number of hydrogen-bond donors (Lipinski definition) is 2. The van der Waals surface area contributed by atoms with Gasteiger partial charge in [0.05, 0.1) is 13.7 Å². The fourth-order valence-corrected chi connectivity index (χ4v) is 3.97. The zero-order chi connectivity index (χ0) is 23.4. The summed E-state index contributed by atoms with van der Waals surface area (Å²) in [6.07, 6.45) is 0. The van der Waals surface area contributed by atoms with Gasteiger partial charge in [0.15, 0.2) is 5.11 Å². The second-order valence-corrected chi connectivity index (χ2v) is 8.53. The van der Waals surface area contributed by atoms with Gasteiger partial charge < -0.3 is 19.9 Å². The lowest BCUT2D eigenvalue weighted by molar-refractivity contribution is 0.411. The summed E-state index contributed by atoms with van der Waals surface area (Å²) < 4.78 is 5.23. The van der Waals surface area contributed by atoms with E-state index >= 15 is 0 Å². The van der Waals surface area contributed by atoms with Gasteiger partial charge in [-0.25, -0.2) is 0 Å². The highest BCUT2D eigenvalue weighted by Gasteiger charge is 2.15. The molecule has 0 fully saturated rings. The maximum absolute atomic E-state index is 12.9. The Morgan fingerprint density at radius 3 is 2.36 bits per heavy atom. The average Bonchev–Trinajstić information content (AvgIpc) is 2.81. The molecule has 1 heterocycles. The highest BCUT2D eigenvalue weighted by molar-refractivity contribution is 7.80. The van der Waals surface area contributed by atoms with Crippen LogP contribution in [0, 0.1) is 13.8 Å². The molecule has 5 nitrogen and oxygen atoms in total. The van der Waals surface area contributed by atoms with Gasteiger partial charge in [-0.2, -0.15) is 0 Å². The zero-order valence-electron chi connectivity index (χ0n) is 19.0. The molecule has 33 heavy (non-hydrogen) atoms. The molecule has 0 atom stereocenters. The Hall–Kier alpha value is -3.64. The van der Waals surface area contributed by atoms with Gasteiger partial charge in [0.25, 0.3) is 5.56 Å². The molecule has 4 aromatic rings. The standard InChI is InChI=1S/C27H27N3O2S/c1-18-13-21-15-22(26(31)29-25(21)14-19(18)2)17-30(16-20-7-5-4-6-8-20)27(33)28-23-9-11-24(32-3)12-10-23/h4-15H,16-17H2,1-3H3,(H,28,33)(H,29,31). The van der Waals surface area contributed by atoms with Crippen molar-refractivity contribution in [3.8, 4) is 5.75 Å². The molecule has 0 saturated heterocycles. The van der Waals surface area contributed by atoms with Crippen LogP contribution < -0.4 is 15.6 Å². The molecule has 6 heteroatoms. The lowest BCUT2D eigenvalue weighted by Gasteiger charge is -2.26. The highest BCUT2D eigenvalue weighted by atomic mass is 32.1. The normalized spacial score (nSPS) is 10.8. The van der Waals surface area contributed by atoms with Crippen LogP contribution in [0.1, 0.15) is 22.3 Å². The zero-order valence-corrected chi connectivity index (χ0v) is 19.8. The average molecular weight is 458 g/mol. The molecule has 168 valence electrons. The number of aryl methyl sites for hydroxylation is 2. The van der Waals surface area contributed by atoms with Crippen molar-refractivity contribution in [1.29, 1.82) is 0 Å². The van der Waals surface area contributed by atoms with Crippen LogP contribution >= 0.6 is 12.2 Å². The lowest BCUT2D eigenvalue weighted by Crippen LogP contribution is -2.35. The first-order chi connectivity index (χ1) is 15.9. The second kappa shape index (κ2) is 9.88. The van der Waals surface area contributed by atoms with E-state index in [1.807, 2.05) is 66.4 Å². The minimum Gasteiger partial charge on any atom is -0.497 e. The SMILES string of the molecule is COc1ccc(NC(=S)N(Cc2ccccc2)Cc2cc3cc(C)c(C)cc3[nH]c2=O)cc1. The van der Waals surface area contributed by atoms with Gasteiger partial charge in [-0.05, 0) is 90.6 Å². The lowest BCUT2D eigenvalue weighted by atomic mass is 10.0. The molecule has 0 spiro atoms. The number of ether oxygens (including phenoxy) is 1. The van der Waals surface area contributed by atoms with Gasteiger partial charge in [-0.15, -0.1) is 0 Å². The van der Waals surface area contributed by atoms with Crippen LogP contribution in [0.4, 0.5) is 5.69 Å².